The Kier molecular flexibility index (Phi) is 12.7. The number of carbonyl (C=O) groups is 1. The van der Waals surface area contributed by atoms with Gasteiger partial charge < -0.3 is 35.3 Å². The molecule has 0 radical (unpaired) electrons. The monoisotopic (exact) mass is 868 g/mol. The van der Waals surface area contributed by atoms with Gasteiger partial charge in [-0.2, -0.15) is 0 Å². The van der Waals surface area contributed by atoms with E-state index in [1.807, 2.05) is 44.2 Å². The molecule has 1 amide bonds. The van der Waals surface area contributed by atoms with E-state index in [-0.39, 0.29) is 24.1 Å². The lowest BCUT2D eigenvalue weighted by atomic mass is 10.1. The van der Waals surface area contributed by atoms with Gasteiger partial charge in [-0.3, -0.25) is 0 Å². The first-order chi connectivity index (χ1) is 30.8. The van der Waals surface area contributed by atoms with Gasteiger partial charge in [0.15, 0.2) is 11.5 Å². The summed E-state index contributed by atoms with van der Waals surface area (Å²) >= 11 is 0. The molecule has 2 aliphatic rings. The molecule has 14 nitrogen and oxygen atoms in total. The highest BCUT2D eigenvalue weighted by Crippen LogP contribution is 2.37. The van der Waals surface area contributed by atoms with Gasteiger partial charge in [-0.15, -0.1) is 0 Å². The fraction of sp³-hybridized carbons (Fsp3) is 0.312. The predicted molar refractivity (Wildman–Crippen MR) is 238 cm³/mol. The minimum Gasteiger partial charge on any atom is -0.445 e. The van der Waals surface area contributed by atoms with E-state index in [0.717, 1.165) is 24.2 Å². The molecule has 3 aromatic carbocycles. The molecule has 2 aliphatic carbocycles. The predicted octanol–water partition coefficient (Wildman–Crippen LogP) is 9.87. The fourth-order valence-corrected chi connectivity index (χ4v) is 6.46. The number of alkyl carbamates (subject to hydrolysis) is 1. The molecule has 16 heteroatoms. The van der Waals surface area contributed by atoms with Crippen molar-refractivity contribution in [3.63, 3.8) is 0 Å². The Morgan fingerprint density at radius 3 is 1.61 bits per heavy atom. The van der Waals surface area contributed by atoms with Gasteiger partial charge in [-0.25, -0.2) is 43.5 Å². The number of aromatic nitrogens is 6. The van der Waals surface area contributed by atoms with E-state index in [1.165, 1.54) is 49.9 Å². The second kappa shape index (κ2) is 18.7. The summed E-state index contributed by atoms with van der Waals surface area (Å²) in [6, 6.07) is 25.0. The van der Waals surface area contributed by atoms with Crippen LogP contribution in [0.25, 0.3) is 45.4 Å². The number of nitrogens with zero attached hydrogens (tertiary/aromatic N) is 6. The normalized spacial score (nSPS) is 13.7. The van der Waals surface area contributed by atoms with Gasteiger partial charge >= 0.3 is 6.09 Å². The van der Waals surface area contributed by atoms with Crippen LogP contribution in [0.3, 0.4) is 0 Å². The largest absolute Gasteiger partial charge is 0.445 e. The first-order valence-corrected chi connectivity index (χ1v) is 21.2. The lowest BCUT2D eigenvalue weighted by Gasteiger charge is -2.22. The Morgan fingerprint density at radius 2 is 1.14 bits per heavy atom. The number of ether oxygens (including phenoxy) is 1. The number of carbonyl (C=O) groups excluding carboxylic acids is 1. The van der Waals surface area contributed by atoms with Crippen molar-refractivity contribution in [2.45, 2.75) is 71.1 Å². The third-order valence-electron chi connectivity index (χ3n) is 10.5. The molecule has 4 aromatic heterocycles. The highest BCUT2D eigenvalue weighted by atomic mass is 19.1. The molecule has 0 aliphatic heterocycles. The van der Waals surface area contributed by atoms with Crippen LogP contribution in [0.15, 0.2) is 112 Å². The van der Waals surface area contributed by atoms with Gasteiger partial charge in [-0.1, -0.05) is 30.3 Å². The quantitative estimate of drug-likeness (QED) is 0.0762. The Balaban J connectivity index is 0.000000184. The lowest BCUT2D eigenvalue weighted by molar-refractivity contribution is 0.126. The van der Waals surface area contributed by atoms with Crippen LogP contribution in [0.2, 0.25) is 0 Å². The van der Waals surface area contributed by atoms with E-state index < -0.39 is 17.2 Å². The van der Waals surface area contributed by atoms with Gasteiger partial charge in [0, 0.05) is 36.6 Å². The second-order valence-corrected chi connectivity index (χ2v) is 17.1. The maximum Gasteiger partial charge on any atom is 0.408 e. The van der Waals surface area contributed by atoms with Crippen LogP contribution in [0.4, 0.5) is 25.5 Å². The van der Waals surface area contributed by atoms with Crippen molar-refractivity contribution in [2.24, 2.45) is 17.6 Å². The van der Waals surface area contributed by atoms with Crippen LogP contribution >= 0.6 is 0 Å². The zero-order valence-electron chi connectivity index (χ0n) is 36.1. The van der Waals surface area contributed by atoms with E-state index in [2.05, 4.69) is 40.9 Å². The molecule has 5 N–H and O–H groups in total. The van der Waals surface area contributed by atoms with Gasteiger partial charge in [-0.05, 0) is 131 Å². The lowest BCUT2D eigenvalue weighted by Crippen LogP contribution is -2.41. The Labute approximate surface area is 369 Å². The average molecular weight is 869 g/mol. The third-order valence-corrected chi connectivity index (χ3v) is 10.5. The van der Waals surface area contributed by atoms with E-state index in [9.17, 15) is 13.6 Å². The zero-order chi connectivity index (χ0) is 44.8. The standard InChI is InChI=1S/C28H28FN5O3.C20H22FN5O/c1-28(2,34-27(35)36-17-19-6-4-3-5-7-19)25-33-23(20-10-12-21(29)13-11-20)24(37-25)22-14-15-30-26(32-22)31-16-18-8-9-18;1-20(2,22)18-26-16(13-5-7-14(21)8-6-13)17(27-18)15-9-10-23-19(25-15)24-11-12-3-4-12/h3-7,10-15,18H,8-9,16-17H2,1-2H3,(H,34,35)(H,30,31,32);5-10,12H,3-4,11,22H2,1-2H3,(H,23,24,25). The third kappa shape index (κ3) is 11.3. The smallest absolute Gasteiger partial charge is 0.408 e. The molecule has 4 heterocycles. The van der Waals surface area contributed by atoms with Gasteiger partial charge in [0.05, 0.1) is 5.54 Å². The van der Waals surface area contributed by atoms with Crippen LogP contribution in [0.5, 0.6) is 0 Å². The molecule has 0 unspecified atom stereocenters. The summed E-state index contributed by atoms with van der Waals surface area (Å²) in [6.45, 7) is 8.99. The van der Waals surface area contributed by atoms with Crippen molar-refractivity contribution >= 4 is 18.0 Å². The molecule has 64 heavy (non-hydrogen) atoms. The highest BCUT2D eigenvalue weighted by molar-refractivity contribution is 5.77. The minimum absolute atomic E-state index is 0.137. The molecule has 0 atom stereocenters. The Bertz CT molecular complexity index is 2670. The summed E-state index contributed by atoms with van der Waals surface area (Å²) in [5.74, 6) is 3.28. The van der Waals surface area contributed by atoms with Crippen molar-refractivity contribution in [3.05, 3.63) is 132 Å². The highest BCUT2D eigenvalue weighted by Gasteiger charge is 2.33. The first-order valence-electron chi connectivity index (χ1n) is 21.2. The maximum absolute atomic E-state index is 13.6. The van der Waals surface area contributed by atoms with Crippen molar-refractivity contribution in [2.75, 3.05) is 23.7 Å². The second-order valence-electron chi connectivity index (χ2n) is 17.1. The number of hydrogen-bond acceptors (Lipinski definition) is 13. The molecule has 2 fully saturated rings. The Hall–Kier alpha value is -7.07. The maximum atomic E-state index is 13.6. The first kappa shape index (κ1) is 43.6. The van der Waals surface area contributed by atoms with Crippen molar-refractivity contribution in [3.8, 4) is 45.4 Å². The molecule has 9 rings (SSSR count). The molecule has 0 spiro atoms. The number of anilines is 2. The number of halogens is 2. The summed E-state index contributed by atoms with van der Waals surface area (Å²) in [7, 11) is 0. The van der Waals surface area contributed by atoms with E-state index in [4.69, 9.17) is 24.3 Å². The number of oxazole rings is 2. The summed E-state index contributed by atoms with van der Waals surface area (Å²) in [5, 5.41) is 9.35. The molecule has 7 aromatic rings. The van der Waals surface area contributed by atoms with Crippen LogP contribution in [-0.2, 0) is 22.4 Å². The molecule has 330 valence electrons. The van der Waals surface area contributed by atoms with Gasteiger partial charge in [0.1, 0.15) is 46.6 Å². The van der Waals surface area contributed by atoms with Crippen LogP contribution < -0.4 is 21.7 Å². The van der Waals surface area contributed by atoms with Crippen LogP contribution in [0, 0.1) is 23.5 Å². The minimum atomic E-state index is -1.01. The summed E-state index contributed by atoms with van der Waals surface area (Å²) < 4.78 is 44.6. The van der Waals surface area contributed by atoms with Gasteiger partial charge in [0.25, 0.3) is 0 Å². The molecule has 0 saturated heterocycles. The van der Waals surface area contributed by atoms with Crippen molar-refractivity contribution < 1.29 is 27.1 Å². The van der Waals surface area contributed by atoms with Crippen molar-refractivity contribution in [1.29, 1.82) is 0 Å². The number of amides is 1. The summed E-state index contributed by atoms with van der Waals surface area (Å²) in [4.78, 5) is 39.6. The van der Waals surface area contributed by atoms with Crippen LogP contribution in [-0.4, -0.2) is 49.1 Å². The Morgan fingerprint density at radius 1 is 0.672 bits per heavy atom. The molecule has 0 bridgehead atoms. The topological polar surface area (TPSA) is 192 Å². The number of rotatable bonds is 15. The summed E-state index contributed by atoms with van der Waals surface area (Å²) in [5.41, 5.74) is 8.85. The zero-order valence-corrected chi connectivity index (χ0v) is 36.1. The number of benzene rings is 3. The number of nitrogens with two attached hydrogens (primary N) is 1. The van der Waals surface area contributed by atoms with Crippen molar-refractivity contribution in [1.82, 2.24) is 35.2 Å². The number of hydrogen-bond donors (Lipinski definition) is 4. The number of nitrogens with one attached hydrogen (secondary N) is 3. The van der Waals surface area contributed by atoms with E-state index in [1.54, 1.807) is 62.6 Å². The average Bonchev–Trinajstić information content (AvgIpc) is 4.21. The van der Waals surface area contributed by atoms with Gasteiger partial charge in [0.2, 0.25) is 23.7 Å². The van der Waals surface area contributed by atoms with E-state index >= 15 is 0 Å². The van der Waals surface area contributed by atoms with E-state index in [0.29, 0.717) is 69.5 Å². The molecular formula is C48H50F2N10O4. The molecule has 2 saturated carbocycles. The summed E-state index contributed by atoms with van der Waals surface area (Å²) in [6.07, 6.45) is 7.65. The molecular weight excluding hydrogens is 819 g/mol. The van der Waals surface area contributed by atoms with Crippen LogP contribution in [0.1, 0.15) is 70.7 Å². The fourth-order valence-electron chi connectivity index (χ4n) is 6.46. The SMILES string of the molecule is CC(C)(N)c1nc(-c2ccc(F)cc2)c(-c2ccnc(NCC3CC3)n2)o1.CC(C)(NC(=O)OCc1ccccc1)c1nc(-c2ccc(F)cc2)c(-c2ccnc(NCC3CC3)n2)o1.